The average Bonchev–Trinajstić information content (AvgIpc) is 3.50. The summed E-state index contributed by atoms with van der Waals surface area (Å²) in [5.74, 6) is -1.29. The van der Waals surface area contributed by atoms with Gasteiger partial charge in [0.1, 0.15) is 23.7 Å². The van der Waals surface area contributed by atoms with Crippen LogP contribution in [0.5, 0.6) is 0 Å². The van der Waals surface area contributed by atoms with Gasteiger partial charge in [-0.25, -0.2) is 22.6 Å². The van der Waals surface area contributed by atoms with Crippen LogP contribution < -0.4 is 10.6 Å². The monoisotopic (exact) mass is 638 g/mol. The van der Waals surface area contributed by atoms with Gasteiger partial charge >= 0.3 is 6.09 Å². The number of amidine groups is 1. The van der Waals surface area contributed by atoms with Crippen LogP contribution in [0.15, 0.2) is 83.9 Å². The molecule has 2 heterocycles. The minimum absolute atomic E-state index is 0.00574. The van der Waals surface area contributed by atoms with E-state index in [0.29, 0.717) is 28.5 Å². The number of nitrogens with zero attached hydrogens (tertiary/aromatic N) is 2. The van der Waals surface area contributed by atoms with Gasteiger partial charge in [-0.2, -0.15) is 0 Å². The van der Waals surface area contributed by atoms with Crippen molar-refractivity contribution in [3.8, 4) is 0 Å². The molecule has 230 valence electrons. The molecule has 0 saturated carbocycles. The quantitative estimate of drug-likeness (QED) is 0.343. The van der Waals surface area contributed by atoms with Crippen LogP contribution >= 0.6 is 11.8 Å². The first-order valence-electron chi connectivity index (χ1n) is 14.0. The minimum atomic E-state index is -3.14. The van der Waals surface area contributed by atoms with Crippen molar-refractivity contribution in [2.45, 2.75) is 31.2 Å². The molecular formula is C31H31FN4O6S2. The molecule has 0 aliphatic carbocycles. The van der Waals surface area contributed by atoms with E-state index in [-0.39, 0.29) is 36.5 Å². The molecule has 2 fully saturated rings. The zero-order valence-corrected chi connectivity index (χ0v) is 25.4. The number of halogens is 1. The van der Waals surface area contributed by atoms with Crippen LogP contribution in [0.4, 0.5) is 20.6 Å². The van der Waals surface area contributed by atoms with Crippen molar-refractivity contribution in [1.29, 1.82) is 0 Å². The molecule has 0 spiro atoms. The van der Waals surface area contributed by atoms with E-state index in [1.165, 1.54) is 41.8 Å². The number of anilines is 1. The number of sulfone groups is 1. The second-order valence-electron chi connectivity index (χ2n) is 10.6. The highest BCUT2D eigenvalue weighted by Crippen LogP contribution is 2.41. The predicted molar refractivity (Wildman–Crippen MR) is 167 cm³/mol. The summed E-state index contributed by atoms with van der Waals surface area (Å²) in [4.78, 5) is 44.4. The van der Waals surface area contributed by atoms with E-state index >= 15 is 0 Å². The van der Waals surface area contributed by atoms with E-state index in [2.05, 4.69) is 15.6 Å². The third kappa shape index (κ3) is 8.03. The number of amides is 3. The van der Waals surface area contributed by atoms with Gasteiger partial charge in [-0.1, -0.05) is 60.3 Å². The van der Waals surface area contributed by atoms with E-state index in [9.17, 15) is 27.2 Å². The zero-order valence-electron chi connectivity index (χ0n) is 23.8. The van der Waals surface area contributed by atoms with Crippen molar-refractivity contribution in [2.24, 2.45) is 10.9 Å². The Bertz CT molecular complexity index is 1670. The summed E-state index contributed by atoms with van der Waals surface area (Å²) >= 11 is 1.20. The fraction of sp³-hybridized carbons (Fsp3) is 0.290. The number of nitrogens with one attached hydrogen (secondary N) is 2. The Balaban J connectivity index is 1.23. The summed E-state index contributed by atoms with van der Waals surface area (Å²) in [6.07, 6.45) is -0.264. The third-order valence-electron chi connectivity index (χ3n) is 7.17. The highest BCUT2D eigenvalue weighted by molar-refractivity contribution is 8.15. The molecule has 2 N–H and O–H groups in total. The lowest BCUT2D eigenvalue weighted by Gasteiger charge is -2.20. The number of ether oxygens (including phenoxy) is 1. The van der Waals surface area contributed by atoms with E-state index in [1.807, 2.05) is 30.3 Å². The van der Waals surface area contributed by atoms with E-state index < -0.39 is 38.9 Å². The Labute approximate surface area is 259 Å². The van der Waals surface area contributed by atoms with E-state index in [4.69, 9.17) is 4.74 Å². The first kappa shape index (κ1) is 31.2. The highest BCUT2D eigenvalue weighted by atomic mass is 32.2. The SMILES string of the molecule is C[C@H](NC(=O)OCc1ccccc1)C(=O)Nc1ccc(C2SC(=Nc3cccc(F)c3)N(CC3CCS(=O)(=O)C3)C2=O)cc1. The van der Waals surface area contributed by atoms with Crippen LogP contribution in [0.3, 0.4) is 0 Å². The molecule has 2 unspecified atom stereocenters. The largest absolute Gasteiger partial charge is 0.445 e. The number of carbonyl (C=O) groups is 3. The Morgan fingerprint density at radius 1 is 1.09 bits per heavy atom. The first-order valence-corrected chi connectivity index (χ1v) is 16.7. The second-order valence-corrected chi connectivity index (χ2v) is 13.9. The molecule has 3 amide bonds. The van der Waals surface area contributed by atoms with Crippen LogP contribution in [0.2, 0.25) is 0 Å². The van der Waals surface area contributed by atoms with Crippen LogP contribution in [-0.2, 0) is 30.8 Å². The van der Waals surface area contributed by atoms with Crippen molar-refractivity contribution >= 4 is 56.0 Å². The van der Waals surface area contributed by atoms with Gasteiger partial charge in [-0.05, 0) is 60.7 Å². The average molecular weight is 639 g/mol. The lowest BCUT2D eigenvalue weighted by atomic mass is 10.1. The standard InChI is InChI=1S/C31H31FN4O6S2/c1-20(33-31(39)42-18-21-6-3-2-4-7-21)28(37)34-25-12-10-23(11-13-25)27-29(38)36(17-22-14-15-44(40,41)19-22)30(43-27)35-26-9-5-8-24(32)16-26/h2-13,16,20,22,27H,14-15,17-19H2,1H3,(H,33,39)(H,34,37)/t20-,22?,27?/m0/s1. The van der Waals surface area contributed by atoms with Gasteiger partial charge in [0.05, 0.1) is 17.2 Å². The molecule has 3 aromatic rings. The Hall–Kier alpha value is -4.23. The predicted octanol–water partition coefficient (Wildman–Crippen LogP) is 4.82. The summed E-state index contributed by atoms with van der Waals surface area (Å²) < 4.78 is 43.1. The lowest BCUT2D eigenvalue weighted by Crippen LogP contribution is -2.41. The molecule has 0 bridgehead atoms. The summed E-state index contributed by atoms with van der Waals surface area (Å²) in [5.41, 5.74) is 2.28. The van der Waals surface area contributed by atoms with Crippen molar-refractivity contribution < 1.29 is 31.9 Å². The van der Waals surface area contributed by atoms with Crippen LogP contribution in [0.1, 0.15) is 29.7 Å². The molecule has 3 aromatic carbocycles. The lowest BCUT2D eigenvalue weighted by molar-refractivity contribution is -0.126. The summed E-state index contributed by atoms with van der Waals surface area (Å²) in [5, 5.41) is 4.94. The normalized spacial score (nSPS) is 20.8. The topological polar surface area (TPSA) is 134 Å². The first-order chi connectivity index (χ1) is 21.1. The number of hydrogen-bond donors (Lipinski definition) is 2. The van der Waals surface area contributed by atoms with Crippen molar-refractivity contribution in [3.63, 3.8) is 0 Å². The number of thioether (sulfide) groups is 1. The van der Waals surface area contributed by atoms with Crippen LogP contribution in [0, 0.1) is 11.7 Å². The molecule has 2 aliphatic rings. The van der Waals surface area contributed by atoms with Crippen molar-refractivity contribution in [2.75, 3.05) is 23.4 Å². The molecule has 0 aromatic heterocycles. The Morgan fingerprint density at radius 2 is 1.84 bits per heavy atom. The molecular weight excluding hydrogens is 607 g/mol. The molecule has 44 heavy (non-hydrogen) atoms. The van der Waals surface area contributed by atoms with Gasteiger partial charge in [-0.15, -0.1) is 0 Å². The molecule has 2 saturated heterocycles. The Kier molecular flexibility index (Phi) is 9.64. The summed E-state index contributed by atoms with van der Waals surface area (Å²) in [6, 6.07) is 20.7. The van der Waals surface area contributed by atoms with Crippen molar-refractivity contribution in [3.05, 3.63) is 95.8 Å². The highest BCUT2D eigenvalue weighted by Gasteiger charge is 2.41. The maximum absolute atomic E-state index is 13.8. The van der Waals surface area contributed by atoms with Crippen LogP contribution in [0.25, 0.3) is 0 Å². The molecule has 5 rings (SSSR count). The van der Waals surface area contributed by atoms with Gasteiger partial charge in [0.2, 0.25) is 11.8 Å². The number of carbonyl (C=O) groups excluding carboxylic acids is 3. The molecule has 10 nitrogen and oxygen atoms in total. The third-order valence-corrected chi connectivity index (χ3v) is 10.2. The van der Waals surface area contributed by atoms with Gasteiger partial charge < -0.3 is 15.4 Å². The molecule has 3 atom stereocenters. The number of aliphatic imine (C=N–C) groups is 1. The fourth-order valence-electron chi connectivity index (χ4n) is 4.85. The second kappa shape index (κ2) is 13.6. The van der Waals surface area contributed by atoms with Crippen molar-refractivity contribution in [1.82, 2.24) is 10.2 Å². The zero-order chi connectivity index (χ0) is 31.3. The molecule has 0 radical (unpaired) electrons. The van der Waals surface area contributed by atoms with Gasteiger partial charge in [0, 0.05) is 12.2 Å². The number of hydrogen-bond acceptors (Lipinski definition) is 8. The smallest absolute Gasteiger partial charge is 0.408 e. The maximum Gasteiger partial charge on any atom is 0.408 e. The fourth-order valence-corrected chi connectivity index (χ4v) is 7.88. The van der Waals surface area contributed by atoms with Gasteiger partial charge in [0.15, 0.2) is 15.0 Å². The molecule has 13 heteroatoms. The summed E-state index contributed by atoms with van der Waals surface area (Å²) in [7, 11) is -3.14. The van der Waals surface area contributed by atoms with E-state index in [0.717, 1.165) is 5.56 Å². The Morgan fingerprint density at radius 3 is 2.52 bits per heavy atom. The summed E-state index contributed by atoms with van der Waals surface area (Å²) in [6.45, 7) is 1.81. The van der Waals surface area contributed by atoms with Gasteiger partial charge in [-0.3, -0.25) is 14.5 Å². The minimum Gasteiger partial charge on any atom is -0.445 e. The maximum atomic E-state index is 13.8. The number of rotatable bonds is 9. The number of benzene rings is 3. The number of alkyl carbamates (subject to hydrolysis) is 1. The van der Waals surface area contributed by atoms with Gasteiger partial charge in [0.25, 0.3) is 0 Å². The molecule has 2 aliphatic heterocycles. The van der Waals surface area contributed by atoms with E-state index in [1.54, 1.807) is 30.3 Å². The van der Waals surface area contributed by atoms with Crippen LogP contribution in [-0.4, -0.2) is 60.5 Å².